The van der Waals surface area contributed by atoms with Crippen molar-refractivity contribution in [3.63, 3.8) is 0 Å². The Kier molecular flexibility index (Phi) is 4.35. The second-order valence-corrected chi connectivity index (χ2v) is 4.99. The number of ether oxygens (including phenoxy) is 1. The van der Waals surface area contributed by atoms with Gasteiger partial charge in [-0.1, -0.05) is 23.8 Å². The van der Waals surface area contributed by atoms with Gasteiger partial charge in [-0.25, -0.2) is 0 Å². The minimum Gasteiger partial charge on any atom is -0.489 e. The lowest BCUT2D eigenvalue weighted by molar-refractivity contribution is 0.304. The SMILES string of the molecule is Cc1cc(Cl)ccc1OCc1ccnc(C(N)=S)c1. The molecule has 0 aliphatic carbocycles. The number of thiocarbonyl (C=S) groups is 1. The molecule has 0 unspecified atom stereocenters. The summed E-state index contributed by atoms with van der Waals surface area (Å²) in [6.45, 7) is 2.38. The predicted octanol–water partition coefficient (Wildman–Crippen LogP) is 3.26. The van der Waals surface area contributed by atoms with Crippen LogP contribution in [0, 0.1) is 6.92 Å². The lowest BCUT2D eigenvalue weighted by Crippen LogP contribution is -2.12. The summed E-state index contributed by atoms with van der Waals surface area (Å²) in [5, 5.41) is 0.699. The van der Waals surface area contributed by atoms with Crippen LogP contribution in [0.1, 0.15) is 16.8 Å². The van der Waals surface area contributed by atoms with E-state index >= 15 is 0 Å². The first kappa shape index (κ1) is 13.8. The fraction of sp³-hybridized carbons (Fsp3) is 0.143. The molecule has 0 bridgehead atoms. The molecule has 0 spiro atoms. The number of halogens is 1. The van der Waals surface area contributed by atoms with Crippen molar-refractivity contribution in [2.24, 2.45) is 5.73 Å². The van der Waals surface area contributed by atoms with Crippen LogP contribution in [0.25, 0.3) is 0 Å². The molecule has 1 aromatic carbocycles. The quantitative estimate of drug-likeness (QED) is 0.879. The van der Waals surface area contributed by atoms with Crippen LogP contribution in [-0.4, -0.2) is 9.97 Å². The first-order chi connectivity index (χ1) is 9.06. The summed E-state index contributed by atoms with van der Waals surface area (Å²) >= 11 is 10.8. The van der Waals surface area contributed by atoms with Crippen molar-refractivity contribution >= 4 is 28.8 Å². The van der Waals surface area contributed by atoms with Crippen LogP contribution in [0.4, 0.5) is 0 Å². The zero-order chi connectivity index (χ0) is 13.8. The Balaban J connectivity index is 2.10. The van der Waals surface area contributed by atoms with Gasteiger partial charge in [-0.15, -0.1) is 0 Å². The van der Waals surface area contributed by atoms with Crippen LogP contribution in [0.2, 0.25) is 5.02 Å². The van der Waals surface area contributed by atoms with E-state index in [2.05, 4.69) is 4.98 Å². The van der Waals surface area contributed by atoms with Gasteiger partial charge in [-0.05, 0) is 48.4 Å². The van der Waals surface area contributed by atoms with Gasteiger partial charge in [0.15, 0.2) is 0 Å². The van der Waals surface area contributed by atoms with E-state index in [1.165, 1.54) is 0 Å². The number of aryl methyl sites for hydroxylation is 1. The van der Waals surface area contributed by atoms with Gasteiger partial charge in [0.2, 0.25) is 0 Å². The summed E-state index contributed by atoms with van der Waals surface area (Å²) in [7, 11) is 0. The van der Waals surface area contributed by atoms with Gasteiger partial charge >= 0.3 is 0 Å². The lowest BCUT2D eigenvalue weighted by atomic mass is 10.2. The fourth-order valence-corrected chi connectivity index (χ4v) is 1.97. The molecule has 0 aliphatic rings. The van der Waals surface area contributed by atoms with Crippen molar-refractivity contribution in [1.82, 2.24) is 4.98 Å². The standard InChI is InChI=1S/C14H13ClN2OS/c1-9-6-11(15)2-3-13(9)18-8-10-4-5-17-12(7-10)14(16)19/h2-7H,8H2,1H3,(H2,16,19). The van der Waals surface area contributed by atoms with E-state index in [1.54, 1.807) is 12.3 Å². The van der Waals surface area contributed by atoms with Gasteiger partial charge in [0.1, 0.15) is 17.3 Å². The molecular weight excluding hydrogens is 280 g/mol. The Morgan fingerprint density at radius 2 is 2.16 bits per heavy atom. The van der Waals surface area contributed by atoms with Gasteiger partial charge in [-0.2, -0.15) is 0 Å². The molecular formula is C14H13ClN2OS. The van der Waals surface area contributed by atoms with E-state index < -0.39 is 0 Å². The number of pyridine rings is 1. The van der Waals surface area contributed by atoms with Gasteiger partial charge < -0.3 is 10.5 Å². The molecule has 0 aliphatic heterocycles. The summed E-state index contributed by atoms with van der Waals surface area (Å²) in [5.74, 6) is 0.804. The first-order valence-corrected chi connectivity index (χ1v) is 6.48. The predicted molar refractivity (Wildman–Crippen MR) is 80.6 cm³/mol. The van der Waals surface area contributed by atoms with Crippen molar-refractivity contribution in [2.45, 2.75) is 13.5 Å². The van der Waals surface area contributed by atoms with Crippen LogP contribution >= 0.6 is 23.8 Å². The van der Waals surface area contributed by atoms with E-state index in [1.807, 2.05) is 31.2 Å². The summed E-state index contributed by atoms with van der Waals surface area (Å²) < 4.78 is 5.74. The molecule has 2 N–H and O–H groups in total. The smallest absolute Gasteiger partial charge is 0.122 e. The molecule has 0 fully saturated rings. The topological polar surface area (TPSA) is 48.1 Å². The zero-order valence-electron chi connectivity index (χ0n) is 10.4. The summed E-state index contributed by atoms with van der Waals surface area (Å²) in [4.78, 5) is 4.37. The van der Waals surface area contributed by atoms with E-state index in [-0.39, 0.29) is 4.99 Å². The summed E-state index contributed by atoms with van der Waals surface area (Å²) in [5.41, 5.74) is 8.11. The van der Waals surface area contributed by atoms with Gasteiger partial charge in [0, 0.05) is 11.2 Å². The number of hydrogen-bond donors (Lipinski definition) is 1. The van der Waals surface area contributed by atoms with E-state index in [0.29, 0.717) is 17.3 Å². The Labute approximate surface area is 122 Å². The normalized spacial score (nSPS) is 10.2. The highest BCUT2D eigenvalue weighted by molar-refractivity contribution is 7.80. The highest BCUT2D eigenvalue weighted by Crippen LogP contribution is 2.22. The number of aromatic nitrogens is 1. The number of hydrogen-bond acceptors (Lipinski definition) is 3. The van der Waals surface area contributed by atoms with E-state index in [9.17, 15) is 0 Å². The largest absolute Gasteiger partial charge is 0.489 e. The molecule has 0 saturated carbocycles. The van der Waals surface area contributed by atoms with Crippen molar-refractivity contribution in [3.8, 4) is 5.75 Å². The Hall–Kier alpha value is -1.65. The molecule has 98 valence electrons. The minimum atomic E-state index is 0.282. The molecule has 19 heavy (non-hydrogen) atoms. The average Bonchev–Trinajstić information content (AvgIpc) is 2.38. The molecule has 2 aromatic rings. The molecule has 5 heteroatoms. The molecule has 0 amide bonds. The second kappa shape index (κ2) is 5.99. The molecule has 1 aromatic heterocycles. The van der Waals surface area contributed by atoms with E-state index in [0.717, 1.165) is 16.9 Å². The van der Waals surface area contributed by atoms with Crippen LogP contribution in [0.3, 0.4) is 0 Å². The van der Waals surface area contributed by atoms with Gasteiger partial charge in [0.05, 0.1) is 5.69 Å². The van der Waals surface area contributed by atoms with Gasteiger partial charge in [-0.3, -0.25) is 4.98 Å². The molecule has 0 saturated heterocycles. The number of benzene rings is 1. The zero-order valence-corrected chi connectivity index (χ0v) is 12.0. The van der Waals surface area contributed by atoms with E-state index in [4.69, 9.17) is 34.3 Å². The van der Waals surface area contributed by atoms with Crippen molar-refractivity contribution in [2.75, 3.05) is 0 Å². The highest BCUT2D eigenvalue weighted by Gasteiger charge is 2.03. The third-order valence-electron chi connectivity index (χ3n) is 2.61. The number of nitrogens with two attached hydrogens (primary N) is 1. The van der Waals surface area contributed by atoms with Crippen molar-refractivity contribution < 1.29 is 4.74 Å². The fourth-order valence-electron chi connectivity index (χ4n) is 1.63. The van der Waals surface area contributed by atoms with Crippen LogP contribution in [0.5, 0.6) is 5.75 Å². The van der Waals surface area contributed by atoms with Crippen LogP contribution in [0.15, 0.2) is 36.5 Å². The maximum absolute atomic E-state index is 5.90. The second-order valence-electron chi connectivity index (χ2n) is 4.11. The average molecular weight is 293 g/mol. The van der Waals surface area contributed by atoms with Crippen LogP contribution in [-0.2, 0) is 6.61 Å². The molecule has 0 radical (unpaired) electrons. The lowest BCUT2D eigenvalue weighted by Gasteiger charge is -2.10. The Morgan fingerprint density at radius 3 is 2.84 bits per heavy atom. The monoisotopic (exact) mass is 292 g/mol. The third kappa shape index (κ3) is 3.66. The number of nitrogens with zero attached hydrogens (tertiary/aromatic N) is 1. The summed E-state index contributed by atoms with van der Waals surface area (Å²) in [6.07, 6.45) is 1.67. The molecule has 2 rings (SSSR count). The first-order valence-electron chi connectivity index (χ1n) is 5.70. The number of rotatable bonds is 4. The van der Waals surface area contributed by atoms with Gasteiger partial charge in [0.25, 0.3) is 0 Å². The maximum Gasteiger partial charge on any atom is 0.122 e. The highest BCUT2D eigenvalue weighted by atomic mass is 35.5. The Morgan fingerprint density at radius 1 is 1.37 bits per heavy atom. The van der Waals surface area contributed by atoms with Crippen molar-refractivity contribution in [1.29, 1.82) is 0 Å². The maximum atomic E-state index is 5.90. The third-order valence-corrected chi connectivity index (χ3v) is 3.05. The molecule has 0 atom stereocenters. The molecule has 1 heterocycles. The Bertz CT molecular complexity index is 616. The minimum absolute atomic E-state index is 0.282. The van der Waals surface area contributed by atoms with Crippen LogP contribution < -0.4 is 10.5 Å². The molecule has 3 nitrogen and oxygen atoms in total. The summed E-state index contributed by atoms with van der Waals surface area (Å²) in [6, 6.07) is 9.22. The van der Waals surface area contributed by atoms with Crippen molar-refractivity contribution in [3.05, 3.63) is 58.4 Å².